The third-order valence-electron chi connectivity index (χ3n) is 6.30. The Labute approximate surface area is 209 Å². The molecule has 37 heavy (non-hydrogen) atoms. The molecule has 1 aliphatic rings. The van der Waals surface area contributed by atoms with Crippen LogP contribution in [0.5, 0.6) is 0 Å². The molecule has 1 aliphatic heterocycles. The standard InChI is InChI=1S/C24H26F4N6O3/c1-22(2,37)11-18(35)33-8-7-32(21(36)23(33,3)4)17-9-13(5-6-15(17)25)16-10-14(24(26,27)28)19-20(29)30-12-31-34(16)19/h5-6,9-10,12,37H,7-8,11H2,1-4H3,(H2,29,30,31). The van der Waals surface area contributed by atoms with Crippen LogP contribution < -0.4 is 10.6 Å². The van der Waals surface area contributed by atoms with E-state index in [2.05, 4.69) is 10.1 Å². The molecule has 0 spiro atoms. The maximum atomic E-state index is 15.0. The van der Waals surface area contributed by atoms with Gasteiger partial charge in [-0.15, -0.1) is 0 Å². The van der Waals surface area contributed by atoms with Crippen LogP contribution in [-0.2, 0) is 15.8 Å². The SMILES string of the molecule is CC(C)(O)CC(=O)N1CCN(c2cc(-c3cc(C(F)(F)F)c4c(N)ncnn34)ccc2F)C(=O)C1(C)C. The Morgan fingerprint density at radius 3 is 2.49 bits per heavy atom. The van der Waals surface area contributed by atoms with E-state index < -0.39 is 46.0 Å². The second kappa shape index (κ2) is 8.68. The average molecular weight is 523 g/mol. The number of anilines is 2. The van der Waals surface area contributed by atoms with Crippen LogP contribution in [0.2, 0.25) is 0 Å². The van der Waals surface area contributed by atoms with Gasteiger partial charge in [0.2, 0.25) is 5.91 Å². The van der Waals surface area contributed by atoms with Crippen LogP contribution in [0.4, 0.5) is 29.1 Å². The van der Waals surface area contributed by atoms with Gasteiger partial charge < -0.3 is 20.6 Å². The van der Waals surface area contributed by atoms with Crippen LogP contribution in [0, 0.1) is 5.82 Å². The number of aromatic nitrogens is 3. The fourth-order valence-electron chi connectivity index (χ4n) is 4.53. The van der Waals surface area contributed by atoms with Crippen molar-refractivity contribution in [3.63, 3.8) is 0 Å². The molecule has 1 aromatic carbocycles. The van der Waals surface area contributed by atoms with Crippen molar-refractivity contribution in [3.05, 3.63) is 42.0 Å². The first kappa shape index (κ1) is 26.3. The van der Waals surface area contributed by atoms with E-state index in [1.165, 1.54) is 44.7 Å². The van der Waals surface area contributed by atoms with Gasteiger partial charge in [-0.1, -0.05) is 0 Å². The number of nitrogen functional groups attached to an aromatic ring is 1. The third kappa shape index (κ3) is 4.70. The highest BCUT2D eigenvalue weighted by Gasteiger charge is 2.46. The number of aliphatic hydroxyl groups is 1. The number of hydrogen-bond donors (Lipinski definition) is 2. The zero-order valence-electron chi connectivity index (χ0n) is 20.6. The first-order valence-corrected chi connectivity index (χ1v) is 11.4. The van der Waals surface area contributed by atoms with Crippen molar-refractivity contribution >= 4 is 28.8 Å². The summed E-state index contributed by atoms with van der Waals surface area (Å²) in [5.74, 6) is -2.16. The van der Waals surface area contributed by atoms with Crippen LogP contribution in [0.1, 0.15) is 39.7 Å². The lowest BCUT2D eigenvalue weighted by Crippen LogP contribution is -2.65. The molecule has 4 rings (SSSR count). The Morgan fingerprint density at radius 1 is 1.19 bits per heavy atom. The minimum Gasteiger partial charge on any atom is -0.390 e. The lowest BCUT2D eigenvalue weighted by Gasteiger charge is -2.46. The summed E-state index contributed by atoms with van der Waals surface area (Å²) in [5, 5.41) is 13.9. The van der Waals surface area contributed by atoms with Gasteiger partial charge in [0.1, 0.15) is 23.2 Å². The molecule has 2 aromatic heterocycles. The quantitative estimate of drug-likeness (QED) is 0.508. The van der Waals surface area contributed by atoms with E-state index in [-0.39, 0.29) is 42.3 Å². The van der Waals surface area contributed by atoms with E-state index in [0.29, 0.717) is 0 Å². The summed E-state index contributed by atoms with van der Waals surface area (Å²) in [5.41, 5.74) is 1.55. The summed E-state index contributed by atoms with van der Waals surface area (Å²) >= 11 is 0. The number of nitrogens with zero attached hydrogens (tertiary/aromatic N) is 5. The van der Waals surface area contributed by atoms with Crippen LogP contribution in [-0.4, -0.2) is 60.6 Å². The number of carbonyl (C=O) groups is 2. The first-order chi connectivity index (χ1) is 17.0. The minimum atomic E-state index is -4.75. The molecule has 0 atom stereocenters. The van der Waals surface area contributed by atoms with Gasteiger partial charge in [-0.25, -0.2) is 13.9 Å². The maximum absolute atomic E-state index is 15.0. The molecular formula is C24H26F4N6O3. The van der Waals surface area contributed by atoms with Crippen molar-refractivity contribution in [2.45, 2.75) is 51.4 Å². The molecule has 0 radical (unpaired) electrons. The maximum Gasteiger partial charge on any atom is 0.418 e. The lowest BCUT2D eigenvalue weighted by atomic mass is 9.94. The van der Waals surface area contributed by atoms with Gasteiger partial charge in [0.25, 0.3) is 5.91 Å². The van der Waals surface area contributed by atoms with Crippen molar-refractivity contribution in [2.75, 3.05) is 23.7 Å². The molecule has 1 fully saturated rings. The number of piperazine rings is 1. The molecule has 0 saturated carbocycles. The number of amides is 2. The van der Waals surface area contributed by atoms with E-state index in [1.54, 1.807) is 0 Å². The zero-order chi connectivity index (χ0) is 27.5. The van der Waals surface area contributed by atoms with Crippen molar-refractivity contribution in [1.82, 2.24) is 19.5 Å². The molecular weight excluding hydrogens is 496 g/mol. The number of hydrogen-bond acceptors (Lipinski definition) is 6. The topological polar surface area (TPSA) is 117 Å². The molecule has 198 valence electrons. The van der Waals surface area contributed by atoms with Gasteiger partial charge in [-0.2, -0.15) is 18.3 Å². The normalized spacial score (nSPS) is 16.5. The summed E-state index contributed by atoms with van der Waals surface area (Å²) in [7, 11) is 0. The van der Waals surface area contributed by atoms with Crippen molar-refractivity contribution in [1.29, 1.82) is 0 Å². The minimum absolute atomic E-state index is 0.0247. The van der Waals surface area contributed by atoms with Crippen LogP contribution in [0.3, 0.4) is 0 Å². The Balaban J connectivity index is 1.76. The molecule has 3 N–H and O–H groups in total. The molecule has 3 heterocycles. The fourth-order valence-corrected chi connectivity index (χ4v) is 4.53. The molecule has 1 saturated heterocycles. The van der Waals surface area contributed by atoms with Gasteiger partial charge in [-0.3, -0.25) is 9.59 Å². The molecule has 3 aromatic rings. The first-order valence-electron chi connectivity index (χ1n) is 11.4. The third-order valence-corrected chi connectivity index (χ3v) is 6.30. The molecule has 13 heteroatoms. The van der Waals surface area contributed by atoms with Gasteiger partial charge in [0, 0.05) is 18.7 Å². The van der Waals surface area contributed by atoms with E-state index in [0.717, 1.165) is 27.9 Å². The van der Waals surface area contributed by atoms with Gasteiger partial charge in [0.15, 0.2) is 5.82 Å². The second-order valence-corrected chi connectivity index (χ2v) is 10.1. The molecule has 0 unspecified atom stereocenters. The Hall–Kier alpha value is -3.74. The van der Waals surface area contributed by atoms with Crippen LogP contribution in [0.15, 0.2) is 30.6 Å². The lowest BCUT2D eigenvalue weighted by molar-refractivity contribution is -0.150. The van der Waals surface area contributed by atoms with E-state index in [9.17, 15) is 27.9 Å². The Kier molecular flexibility index (Phi) is 6.18. The smallest absolute Gasteiger partial charge is 0.390 e. The predicted octanol–water partition coefficient (Wildman–Crippen LogP) is 3.25. The Bertz CT molecular complexity index is 1390. The highest BCUT2D eigenvalue weighted by atomic mass is 19.4. The van der Waals surface area contributed by atoms with Crippen molar-refractivity contribution < 1.29 is 32.3 Å². The van der Waals surface area contributed by atoms with Crippen molar-refractivity contribution in [2.24, 2.45) is 0 Å². The second-order valence-electron chi connectivity index (χ2n) is 10.1. The number of benzene rings is 1. The van der Waals surface area contributed by atoms with Gasteiger partial charge in [0.05, 0.1) is 29.0 Å². The van der Waals surface area contributed by atoms with Gasteiger partial charge >= 0.3 is 6.18 Å². The van der Waals surface area contributed by atoms with E-state index >= 15 is 4.39 Å². The summed E-state index contributed by atoms with van der Waals surface area (Å²) in [4.78, 5) is 32.3. The van der Waals surface area contributed by atoms with Crippen molar-refractivity contribution in [3.8, 4) is 11.3 Å². The summed E-state index contributed by atoms with van der Waals surface area (Å²) in [6.07, 6.45) is -3.95. The van der Waals surface area contributed by atoms with Gasteiger partial charge in [-0.05, 0) is 52.0 Å². The number of alkyl halides is 3. The number of carbonyl (C=O) groups excluding carboxylic acids is 2. The number of nitrogens with two attached hydrogens (primary N) is 1. The number of halogens is 4. The summed E-state index contributed by atoms with van der Waals surface area (Å²) in [6.45, 7) is 5.99. The summed E-state index contributed by atoms with van der Waals surface area (Å²) in [6, 6.07) is 4.43. The molecule has 2 amide bonds. The molecule has 0 aliphatic carbocycles. The van der Waals surface area contributed by atoms with Crippen LogP contribution in [0.25, 0.3) is 16.8 Å². The largest absolute Gasteiger partial charge is 0.418 e. The fraction of sp³-hybridized carbons (Fsp3) is 0.417. The predicted molar refractivity (Wildman–Crippen MR) is 127 cm³/mol. The van der Waals surface area contributed by atoms with Crippen LogP contribution >= 0.6 is 0 Å². The molecule has 9 nitrogen and oxygen atoms in total. The molecule has 0 bridgehead atoms. The number of fused-ring (bicyclic) bond motifs is 1. The highest BCUT2D eigenvalue weighted by molar-refractivity contribution is 6.03. The zero-order valence-corrected chi connectivity index (χ0v) is 20.6. The monoisotopic (exact) mass is 522 g/mol. The number of rotatable bonds is 4. The summed E-state index contributed by atoms with van der Waals surface area (Å²) < 4.78 is 57.1. The average Bonchev–Trinajstić information content (AvgIpc) is 3.16. The van der Waals surface area contributed by atoms with E-state index in [1.807, 2.05) is 0 Å². The van der Waals surface area contributed by atoms with E-state index in [4.69, 9.17) is 5.73 Å². The highest BCUT2D eigenvalue weighted by Crippen LogP contribution is 2.40. The Morgan fingerprint density at radius 2 is 1.86 bits per heavy atom.